The van der Waals surface area contributed by atoms with E-state index in [2.05, 4.69) is 20.4 Å². The second kappa shape index (κ2) is 6.36. The molecule has 6 nitrogen and oxygen atoms in total. The van der Waals surface area contributed by atoms with E-state index in [1.807, 2.05) is 43.3 Å². The number of hydrogen-bond acceptors (Lipinski definition) is 5. The summed E-state index contributed by atoms with van der Waals surface area (Å²) in [7, 11) is 0. The Labute approximate surface area is 128 Å². The summed E-state index contributed by atoms with van der Waals surface area (Å²) in [4.78, 5) is 8.55. The van der Waals surface area contributed by atoms with Crippen LogP contribution in [0, 0.1) is 6.92 Å². The monoisotopic (exact) mass is 295 g/mol. The minimum Gasteiger partial charge on any atom is -0.394 e. The van der Waals surface area contributed by atoms with Crippen LogP contribution < -0.4 is 5.32 Å². The molecule has 0 saturated heterocycles. The van der Waals surface area contributed by atoms with Gasteiger partial charge in [-0.15, -0.1) is 0 Å². The molecule has 0 fully saturated rings. The summed E-state index contributed by atoms with van der Waals surface area (Å²) in [5.74, 6) is 0.709. The lowest BCUT2D eigenvalue weighted by atomic mass is 10.1. The van der Waals surface area contributed by atoms with Gasteiger partial charge in [-0.3, -0.25) is 4.68 Å². The Morgan fingerprint density at radius 3 is 2.77 bits per heavy atom. The van der Waals surface area contributed by atoms with Crippen LogP contribution in [0.2, 0.25) is 0 Å². The van der Waals surface area contributed by atoms with Crippen LogP contribution in [0.25, 0.3) is 11.3 Å². The predicted molar refractivity (Wildman–Crippen MR) is 84.8 cm³/mol. The van der Waals surface area contributed by atoms with Gasteiger partial charge in [0.1, 0.15) is 12.1 Å². The van der Waals surface area contributed by atoms with Gasteiger partial charge in [0, 0.05) is 11.6 Å². The Hall–Kier alpha value is -2.73. The Morgan fingerprint density at radius 2 is 2.00 bits per heavy atom. The first-order valence-corrected chi connectivity index (χ1v) is 7.05. The molecule has 6 heteroatoms. The number of nitrogens with one attached hydrogen (secondary N) is 1. The lowest BCUT2D eigenvalue weighted by Gasteiger charge is -2.07. The van der Waals surface area contributed by atoms with E-state index in [1.54, 1.807) is 10.9 Å². The average molecular weight is 295 g/mol. The molecule has 22 heavy (non-hydrogen) atoms. The third kappa shape index (κ3) is 2.96. The molecule has 0 aliphatic carbocycles. The maximum atomic E-state index is 9.00. The van der Waals surface area contributed by atoms with Crippen LogP contribution in [0.5, 0.6) is 0 Å². The van der Waals surface area contributed by atoms with Gasteiger partial charge >= 0.3 is 0 Å². The van der Waals surface area contributed by atoms with Gasteiger partial charge in [0.05, 0.1) is 36.4 Å². The summed E-state index contributed by atoms with van der Waals surface area (Å²) in [6, 6.07) is 11.9. The zero-order valence-corrected chi connectivity index (χ0v) is 12.3. The fraction of sp³-hybridized carbons (Fsp3) is 0.188. The highest BCUT2D eigenvalue weighted by Crippen LogP contribution is 2.22. The molecule has 0 radical (unpaired) electrons. The molecular formula is C16H17N5O. The molecule has 3 rings (SSSR count). The normalized spacial score (nSPS) is 10.6. The summed E-state index contributed by atoms with van der Waals surface area (Å²) in [5.41, 5.74) is 3.72. The smallest absolute Gasteiger partial charge is 0.134 e. The molecule has 2 aromatic heterocycles. The van der Waals surface area contributed by atoms with Crippen molar-refractivity contribution in [2.45, 2.75) is 13.5 Å². The molecule has 0 spiro atoms. The zero-order chi connectivity index (χ0) is 15.4. The van der Waals surface area contributed by atoms with Gasteiger partial charge in [-0.25, -0.2) is 9.97 Å². The first-order valence-electron chi connectivity index (χ1n) is 7.05. The lowest BCUT2D eigenvalue weighted by molar-refractivity contribution is 0.268. The molecular weight excluding hydrogens is 278 g/mol. The van der Waals surface area contributed by atoms with E-state index in [4.69, 9.17) is 5.11 Å². The fourth-order valence-corrected chi connectivity index (χ4v) is 2.22. The van der Waals surface area contributed by atoms with Gasteiger partial charge in [-0.05, 0) is 6.92 Å². The van der Waals surface area contributed by atoms with Crippen molar-refractivity contribution in [3.63, 3.8) is 0 Å². The number of aliphatic hydroxyl groups is 1. The van der Waals surface area contributed by atoms with Crippen molar-refractivity contribution in [3.8, 4) is 11.3 Å². The van der Waals surface area contributed by atoms with Crippen molar-refractivity contribution < 1.29 is 5.11 Å². The van der Waals surface area contributed by atoms with Gasteiger partial charge in [0.25, 0.3) is 0 Å². The first-order chi connectivity index (χ1) is 10.8. The van der Waals surface area contributed by atoms with Gasteiger partial charge in [0.2, 0.25) is 0 Å². The van der Waals surface area contributed by atoms with Crippen LogP contribution in [-0.2, 0) is 6.54 Å². The summed E-state index contributed by atoms with van der Waals surface area (Å²) in [5, 5.41) is 16.5. The number of benzene rings is 1. The van der Waals surface area contributed by atoms with E-state index in [-0.39, 0.29) is 6.61 Å². The first kappa shape index (κ1) is 14.2. The van der Waals surface area contributed by atoms with Gasteiger partial charge in [-0.2, -0.15) is 5.10 Å². The Morgan fingerprint density at radius 1 is 1.18 bits per heavy atom. The van der Waals surface area contributed by atoms with Gasteiger partial charge in [0.15, 0.2) is 0 Å². The number of aliphatic hydroxyl groups excluding tert-OH is 1. The maximum absolute atomic E-state index is 9.00. The van der Waals surface area contributed by atoms with E-state index in [1.165, 1.54) is 6.33 Å². The molecule has 0 unspecified atom stereocenters. The van der Waals surface area contributed by atoms with Crippen LogP contribution in [-0.4, -0.2) is 31.5 Å². The molecule has 0 saturated carbocycles. The summed E-state index contributed by atoms with van der Waals surface area (Å²) >= 11 is 0. The molecule has 0 aliphatic rings. The van der Waals surface area contributed by atoms with E-state index in [0.717, 1.165) is 22.6 Å². The van der Waals surface area contributed by atoms with Crippen molar-refractivity contribution in [2.75, 3.05) is 11.9 Å². The second-order valence-corrected chi connectivity index (χ2v) is 4.87. The molecule has 0 atom stereocenters. The quantitative estimate of drug-likeness (QED) is 0.756. The Bertz CT molecular complexity index is 754. The molecule has 0 bridgehead atoms. The molecule has 0 aliphatic heterocycles. The fourth-order valence-electron chi connectivity index (χ4n) is 2.22. The minimum absolute atomic E-state index is 0.0631. The highest BCUT2D eigenvalue weighted by atomic mass is 16.3. The zero-order valence-electron chi connectivity index (χ0n) is 12.3. The number of nitrogens with zero attached hydrogens (tertiary/aromatic N) is 4. The number of aromatic nitrogens is 4. The highest BCUT2D eigenvalue weighted by Gasteiger charge is 2.08. The minimum atomic E-state index is 0.0631. The van der Waals surface area contributed by atoms with Gasteiger partial charge < -0.3 is 10.4 Å². The van der Waals surface area contributed by atoms with Crippen molar-refractivity contribution >= 4 is 11.5 Å². The van der Waals surface area contributed by atoms with Crippen LogP contribution in [0.4, 0.5) is 11.5 Å². The van der Waals surface area contributed by atoms with Crippen LogP contribution in [0.1, 0.15) is 5.69 Å². The topological polar surface area (TPSA) is 75.9 Å². The van der Waals surface area contributed by atoms with Crippen molar-refractivity contribution in [1.82, 2.24) is 19.7 Å². The van der Waals surface area contributed by atoms with Crippen molar-refractivity contribution in [1.29, 1.82) is 0 Å². The third-order valence-corrected chi connectivity index (χ3v) is 3.41. The van der Waals surface area contributed by atoms with Crippen LogP contribution >= 0.6 is 0 Å². The molecule has 3 aromatic rings. The molecule has 0 amide bonds. The molecule has 112 valence electrons. The molecule has 1 aromatic carbocycles. The third-order valence-electron chi connectivity index (χ3n) is 3.41. The van der Waals surface area contributed by atoms with E-state index >= 15 is 0 Å². The van der Waals surface area contributed by atoms with Crippen LogP contribution in [0.3, 0.4) is 0 Å². The Balaban J connectivity index is 1.84. The van der Waals surface area contributed by atoms with Crippen LogP contribution in [0.15, 0.2) is 48.9 Å². The maximum Gasteiger partial charge on any atom is 0.134 e. The molecule has 2 heterocycles. The summed E-state index contributed by atoms with van der Waals surface area (Å²) < 4.78 is 1.75. The van der Waals surface area contributed by atoms with E-state index in [9.17, 15) is 0 Å². The lowest BCUT2D eigenvalue weighted by Crippen LogP contribution is -2.06. The molecule has 2 N–H and O–H groups in total. The summed E-state index contributed by atoms with van der Waals surface area (Å²) in [6.07, 6.45) is 3.27. The Kier molecular flexibility index (Phi) is 4.11. The predicted octanol–water partition coefficient (Wildman–Crippen LogP) is 2.38. The largest absolute Gasteiger partial charge is 0.394 e. The number of hydrogen-bond donors (Lipinski definition) is 2. The van der Waals surface area contributed by atoms with Crippen molar-refractivity contribution in [2.24, 2.45) is 0 Å². The van der Waals surface area contributed by atoms with E-state index in [0.29, 0.717) is 12.4 Å². The number of rotatable bonds is 5. The standard InChI is InChI=1S/C16H17N5O/c1-12-15(10-19-21(12)7-8-22)20-16-9-14(17-11-18-16)13-5-3-2-4-6-13/h2-6,9-11,22H,7-8H2,1H3,(H,17,18,20). The average Bonchev–Trinajstić information content (AvgIpc) is 2.90. The van der Waals surface area contributed by atoms with Gasteiger partial charge in [-0.1, -0.05) is 30.3 Å². The SMILES string of the molecule is Cc1c(Nc2cc(-c3ccccc3)ncn2)cnn1CCO. The second-order valence-electron chi connectivity index (χ2n) is 4.87. The van der Waals surface area contributed by atoms with Crippen molar-refractivity contribution in [3.05, 3.63) is 54.6 Å². The van der Waals surface area contributed by atoms with E-state index < -0.39 is 0 Å². The summed E-state index contributed by atoms with van der Waals surface area (Å²) in [6.45, 7) is 2.49. The number of anilines is 2. The highest BCUT2D eigenvalue weighted by molar-refractivity contribution is 5.65.